The maximum Gasteiger partial charge on any atom is 0.329 e. The number of imide groups is 1. The van der Waals surface area contributed by atoms with Gasteiger partial charge in [0.05, 0.1) is 11.0 Å². The molecule has 1 unspecified atom stereocenters. The van der Waals surface area contributed by atoms with E-state index in [0.717, 1.165) is 62.9 Å². The average Bonchev–Trinajstić information content (AvgIpc) is 3.05. The lowest BCUT2D eigenvalue weighted by Gasteiger charge is -2.40. The molecule has 1 aromatic heterocycles. The van der Waals surface area contributed by atoms with Crippen LogP contribution < -0.4 is 16.3 Å². The number of carbonyl (C=O) groups excluding carboxylic acids is 2. The number of hydrogen-bond donors (Lipinski definition) is 2. The van der Waals surface area contributed by atoms with Crippen molar-refractivity contribution in [3.05, 3.63) is 34.2 Å². The van der Waals surface area contributed by atoms with Crippen LogP contribution in [-0.2, 0) is 23.2 Å². The quantitative estimate of drug-likeness (QED) is 0.660. The topological polar surface area (TPSA) is 91.6 Å². The number of aryl methyl sites for hydroxylation is 1. The molecule has 0 spiro atoms. The number of piperazine rings is 1. The Hall–Kier alpha value is -2.49. The number of hydrogen-bond acceptors (Lipinski definition) is 6. The lowest BCUT2D eigenvalue weighted by Crippen LogP contribution is -2.52. The summed E-state index contributed by atoms with van der Waals surface area (Å²) in [4.78, 5) is 41.9. The highest BCUT2D eigenvalue weighted by atomic mass is 16.2. The molecule has 9 nitrogen and oxygen atoms in total. The summed E-state index contributed by atoms with van der Waals surface area (Å²) in [5, 5.41) is 5.81. The predicted octanol–water partition coefficient (Wildman–Crippen LogP) is 0.187. The van der Waals surface area contributed by atoms with E-state index < -0.39 is 11.9 Å². The normalized spacial score (nSPS) is 24.2. The van der Waals surface area contributed by atoms with E-state index in [4.69, 9.17) is 0 Å². The molecular weight excluding hydrogens is 408 g/mol. The first-order valence-electron chi connectivity index (χ1n) is 11.7. The molecule has 3 aliphatic rings. The van der Waals surface area contributed by atoms with Crippen LogP contribution >= 0.6 is 0 Å². The Labute approximate surface area is 187 Å². The highest BCUT2D eigenvalue weighted by molar-refractivity contribution is 6.00. The number of piperidine rings is 2. The Balaban J connectivity index is 1.30. The van der Waals surface area contributed by atoms with Gasteiger partial charge in [-0.05, 0) is 50.0 Å². The van der Waals surface area contributed by atoms with Gasteiger partial charge in [0, 0.05) is 52.2 Å². The minimum absolute atomic E-state index is 0.220. The van der Waals surface area contributed by atoms with Crippen molar-refractivity contribution in [1.29, 1.82) is 0 Å². The van der Waals surface area contributed by atoms with Gasteiger partial charge in [-0.1, -0.05) is 6.07 Å². The van der Waals surface area contributed by atoms with Crippen molar-refractivity contribution in [1.82, 2.24) is 29.6 Å². The number of fused-ring (bicyclic) bond motifs is 1. The van der Waals surface area contributed by atoms with E-state index >= 15 is 0 Å². The number of benzene rings is 1. The molecule has 3 fully saturated rings. The molecule has 0 radical (unpaired) electrons. The molecule has 9 heteroatoms. The van der Waals surface area contributed by atoms with E-state index in [9.17, 15) is 14.4 Å². The third-order valence-corrected chi connectivity index (χ3v) is 7.31. The van der Waals surface area contributed by atoms with Crippen LogP contribution in [0.3, 0.4) is 0 Å². The predicted molar refractivity (Wildman–Crippen MR) is 121 cm³/mol. The Morgan fingerprint density at radius 1 is 0.969 bits per heavy atom. The van der Waals surface area contributed by atoms with Crippen molar-refractivity contribution in [2.45, 2.75) is 44.3 Å². The fourth-order valence-electron chi connectivity index (χ4n) is 5.45. The van der Waals surface area contributed by atoms with E-state index in [0.29, 0.717) is 6.42 Å². The van der Waals surface area contributed by atoms with Gasteiger partial charge in [0.25, 0.3) is 0 Å². The molecule has 4 heterocycles. The van der Waals surface area contributed by atoms with Crippen LogP contribution in [0.2, 0.25) is 0 Å². The van der Waals surface area contributed by atoms with E-state index in [1.54, 1.807) is 16.2 Å². The number of imidazole rings is 1. The molecule has 0 aliphatic carbocycles. The molecule has 2 amide bonds. The minimum atomic E-state index is -0.641. The van der Waals surface area contributed by atoms with Crippen LogP contribution in [0.15, 0.2) is 23.0 Å². The lowest BCUT2D eigenvalue weighted by molar-refractivity contribution is -0.135. The van der Waals surface area contributed by atoms with E-state index in [-0.39, 0.29) is 18.0 Å². The molecule has 5 rings (SSSR count). The second kappa shape index (κ2) is 8.80. The summed E-state index contributed by atoms with van der Waals surface area (Å²) in [5.74, 6) is -0.673. The van der Waals surface area contributed by atoms with Gasteiger partial charge >= 0.3 is 5.69 Å². The number of nitrogens with one attached hydrogen (secondary N) is 2. The first kappa shape index (κ1) is 21.4. The summed E-state index contributed by atoms with van der Waals surface area (Å²) in [6.45, 7) is 7.43. The fraction of sp³-hybridized carbons (Fsp3) is 0.609. The third kappa shape index (κ3) is 4.00. The van der Waals surface area contributed by atoms with E-state index in [1.807, 2.05) is 6.07 Å². The number of rotatable bonds is 4. The van der Waals surface area contributed by atoms with Crippen molar-refractivity contribution in [3.8, 4) is 0 Å². The number of carbonyl (C=O) groups is 2. The van der Waals surface area contributed by atoms with Crippen LogP contribution in [0.25, 0.3) is 11.0 Å². The molecule has 3 aliphatic heterocycles. The molecule has 32 heavy (non-hydrogen) atoms. The van der Waals surface area contributed by atoms with Gasteiger partial charge in [-0.15, -0.1) is 0 Å². The van der Waals surface area contributed by atoms with Crippen molar-refractivity contribution in [2.75, 3.05) is 39.3 Å². The minimum Gasteiger partial charge on any atom is -0.317 e. The third-order valence-electron chi connectivity index (χ3n) is 7.31. The number of nitrogens with zero attached hydrogens (tertiary/aromatic N) is 4. The Kier molecular flexibility index (Phi) is 5.88. The SMILES string of the molecule is Cn1c(=O)n(C2CCC(=O)NC2=O)c2ccc(CN3CCN(C4CCNCC4)CC3)cc21. The summed E-state index contributed by atoms with van der Waals surface area (Å²) in [7, 11) is 1.74. The smallest absolute Gasteiger partial charge is 0.317 e. The molecular formula is C23H32N6O3. The van der Waals surface area contributed by atoms with Gasteiger partial charge in [-0.25, -0.2) is 4.79 Å². The van der Waals surface area contributed by atoms with Crippen LogP contribution in [0, 0.1) is 0 Å². The Morgan fingerprint density at radius 2 is 1.72 bits per heavy atom. The first-order chi connectivity index (χ1) is 15.5. The molecule has 3 saturated heterocycles. The molecule has 0 saturated carbocycles. The molecule has 1 atom stereocenters. The summed E-state index contributed by atoms with van der Waals surface area (Å²) in [6, 6.07) is 6.15. The maximum absolute atomic E-state index is 12.9. The van der Waals surface area contributed by atoms with Gasteiger partial charge in [-0.2, -0.15) is 0 Å². The Bertz CT molecular complexity index is 1080. The molecule has 172 valence electrons. The summed E-state index contributed by atoms with van der Waals surface area (Å²) in [5.41, 5.74) is 2.52. The summed E-state index contributed by atoms with van der Waals surface area (Å²) >= 11 is 0. The van der Waals surface area contributed by atoms with E-state index in [1.165, 1.54) is 18.4 Å². The van der Waals surface area contributed by atoms with Crippen LogP contribution in [0.4, 0.5) is 0 Å². The zero-order valence-electron chi connectivity index (χ0n) is 18.7. The van der Waals surface area contributed by atoms with Crippen LogP contribution in [0.1, 0.15) is 37.3 Å². The van der Waals surface area contributed by atoms with Crippen LogP contribution in [-0.4, -0.2) is 76.1 Å². The number of aromatic nitrogens is 2. The van der Waals surface area contributed by atoms with Crippen molar-refractivity contribution in [2.24, 2.45) is 7.05 Å². The zero-order valence-corrected chi connectivity index (χ0v) is 18.7. The molecule has 2 aromatic rings. The van der Waals surface area contributed by atoms with Crippen molar-refractivity contribution < 1.29 is 9.59 Å². The monoisotopic (exact) mass is 440 g/mol. The molecule has 0 bridgehead atoms. The Morgan fingerprint density at radius 3 is 2.44 bits per heavy atom. The van der Waals surface area contributed by atoms with Gasteiger partial charge in [0.1, 0.15) is 6.04 Å². The van der Waals surface area contributed by atoms with Crippen molar-refractivity contribution >= 4 is 22.8 Å². The van der Waals surface area contributed by atoms with Gasteiger partial charge in [-0.3, -0.25) is 33.8 Å². The summed E-state index contributed by atoms with van der Waals surface area (Å²) in [6.07, 6.45) is 3.09. The first-order valence-corrected chi connectivity index (χ1v) is 11.7. The van der Waals surface area contributed by atoms with Gasteiger partial charge in [0.2, 0.25) is 11.8 Å². The van der Waals surface area contributed by atoms with Gasteiger partial charge in [0.15, 0.2) is 0 Å². The standard InChI is InChI=1S/C23H32N6O3/c1-26-20-14-16(15-27-10-12-28(13-11-27)17-6-8-24-9-7-17)2-3-18(20)29(23(26)32)19-4-5-21(30)25-22(19)31/h2-3,14,17,19,24H,4-13,15H2,1H3,(H,25,30,31). The summed E-state index contributed by atoms with van der Waals surface area (Å²) < 4.78 is 3.15. The highest BCUT2D eigenvalue weighted by Gasteiger charge is 2.31. The lowest BCUT2D eigenvalue weighted by atomic mass is 10.0. The van der Waals surface area contributed by atoms with Crippen molar-refractivity contribution in [3.63, 3.8) is 0 Å². The zero-order chi connectivity index (χ0) is 22.2. The number of amides is 2. The second-order valence-corrected chi connectivity index (χ2v) is 9.29. The van der Waals surface area contributed by atoms with Gasteiger partial charge < -0.3 is 5.32 Å². The molecule has 2 N–H and O–H groups in total. The highest BCUT2D eigenvalue weighted by Crippen LogP contribution is 2.24. The molecule has 1 aromatic carbocycles. The second-order valence-electron chi connectivity index (χ2n) is 9.29. The largest absolute Gasteiger partial charge is 0.329 e. The van der Waals surface area contributed by atoms with Crippen LogP contribution in [0.5, 0.6) is 0 Å². The average molecular weight is 441 g/mol. The fourth-order valence-corrected chi connectivity index (χ4v) is 5.45. The maximum atomic E-state index is 12.9. The van der Waals surface area contributed by atoms with E-state index in [2.05, 4.69) is 32.6 Å².